The molecule has 20 heavy (non-hydrogen) atoms. The lowest BCUT2D eigenvalue weighted by Gasteiger charge is -2.08. The summed E-state index contributed by atoms with van der Waals surface area (Å²) in [6, 6.07) is 12.8. The van der Waals surface area contributed by atoms with Crippen molar-refractivity contribution in [2.24, 2.45) is 0 Å². The molecule has 0 aliphatic heterocycles. The van der Waals surface area contributed by atoms with E-state index in [2.05, 4.69) is 15.9 Å². The fourth-order valence-electron chi connectivity index (χ4n) is 1.85. The van der Waals surface area contributed by atoms with Gasteiger partial charge in [0.15, 0.2) is 9.84 Å². The van der Waals surface area contributed by atoms with Crippen LogP contribution >= 0.6 is 15.9 Å². The number of hydrogen-bond donors (Lipinski definition) is 0. The molecule has 3 nitrogen and oxygen atoms in total. The maximum absolute atomic E-state index is 11.7. The van der Waals surface area contributed by atoms with Crippen LogP contribution in [0.1, 0.15) is 6.92 Å². The molecule has 0 radical (unpaired) electrons. The summed E-state index contributed by atoms with van der Waals surface area (Å²) in [6.07, 6.45) is 1.21. The predicted octanol–water partition coefficient (Wildman–Crippen LogP) is 3.92. The number of ether oxygens (including phenoxy) is 1. The Morgan fingerprint density at radius 3 is 2.25 bits per heavy atom. The Kier molecular flexibility index (Phi) is 4.50. The lowest BCUT2D eigenvalue weighted by Crippen LogP contribution is -1.97. The Labute approximate surface area is 127 Å². The van der Waals surface area contributed by atoms with Crippen LogP contribution in [0.25, 0.3) is 11.1 Å². The van der Waals surface area contributed by atoms with Crippen LogP contribution in [0.4, 0.5) is 0 Å². The molecule has 2 rings (SSSR count). The SMILES string of the molecule is CCOc1ccc(-c2cc(Br)cc(S(C)(=O)=O)c2)cc1. The van der Waals surface area contributed by atoms with E-state index in [1.807, 2.05) is 37.3 Å². The molecule has 0 spiro atoms. The summed E-state index contributed by atoms with van der Waals surface area (Å²) in [7, 11) is -3.23. The first kappa shape index (κ1) is 15.1. The Morgan fingerprint density at radius 2 is 1.70 bits per heavy atom. The smallest absolute Gasteiger partial charge is 0.175 e. The van der Waals surface area contributed by atoms with Crippen molar-refractivity contribution in [1.82, 2.24) is 0 Å². The molecule has 0 atom stereocenters. The molecule has 5 heteroatoms. The minimum atomic E-state index is -3.23. The molecule has 0 amide bonds. The Morgan fingerprint density at radius 1 is 1.05 bits per heavy atom. The Hall–Kier alpha value is -1.33. The van der Waals surface area contributed by atoms with Gasteiger partial charge in [0.25, 0.3) is 0 Å². The second-order valence-electron chi connectivity index (χ2n) is 4.41. The molecular weight excluding hydrogens is 340 g/mol. The molecule has 0 saturated carbocycles. The third-order valence-corrected chi connectivity index (χ3v) is 4.35. The minimum Gasteiger partial charge on any atom is -0.494 e. The lowest BCUT2D eigenvalue weighted by molar-refractivity contribution is 0.340. The highest BCUT2D eigenvalue weighted by Gasteiger charge is 2.10. The Balaban J connectivity index is 2.44. The zero-order chi connectivity index (χ0) is 14.8. The van der Waals surface area contributed by atoms with Crippen molar-refractivity contribution in [2.75, 3.05) is 12.9 Å². The third kappa shape index (κ3) is 3.61. The molecule has 0 aliphatic rings. The van der Waals surface area contributed by atoms with E-state index in [0.29, 0.717) is 11.5 Å². The van der Waals surface area contributed by atoms with Gasteiger partial charge in [-0.3, -0.25) is 0 Å². The molecule has 0 aliphatic carbocycles. The van der Waals surface area contributed by atoms with Gasteiger partial charge in [0.05, 0.1) is 11.5 Å². The van der Waals surface area contributed by atoms with E-state index >= 15 is 0 Å². The highest BCUT2D eigenvalue weighted by Crippen LogP contribution is 2.28. The average Bonchev–Trinajstić information content (AvgIpc) is 2.38. The largest absolute Gasteiger partial charge is 0.494 e. The van der Waals surface area contributed by atoms with Crippen LogP contribution in [0, 0.1) is 0 Å². The van der Waals surface area contributed by atoms with Gasteiger partial charge < -0.3 is 4.74 Å². The lowest BCUT2D eigenvalue weighted by atomic mass is 10.1. The van der Waals surface area contributed by atoms with Crippen molar-refractivity contribution in [1.29, 1.82) is 0 Å². The van der Waals surface area contributed by atoms with Crippen LogP contribution in [0.3, 0.4) is 0 Å². The van der Waals surface area contributed by atoms with Crippen LogP contribution in [-0.2, 0) is 9.84 Å². The number of benzene rings is 2. The van der Waals surface area contributed by atoms with Crippen LogP contribution in [0.2, 0.25) is 0 Å². The minimum absolute atomic E-state index is 0.302. The van der Waals surface area contributed by atoms with Gasteiger partial charge in [0, 0.05) is 10.7 Å². The van der Waals surface area contributed by atoms with Crippen molar-refractivity contribution in [3.63, 3.8) is 0 Å². The quantitative estimate of drug-likeness (QED) is 0.835. The first-order valence-corrected chi connectivity index (χ1v) is 8.82. The number of sulfone groups is 1. The topological polar surface area (TPSA) is 43.4 Å². The fraction of sp³-hybridized carbons (Fsp3) is 0.200. The van der Waals surface area contributed by atoms with Crippen LogP contribution in [0.5, 0.6) is 5.75 Å². The molecule has 2 aromatic carbocycles. The first-order chi connectivity index (χ1) is 9.40. The van der Waals surface area contributed by atoms with Gasteiger partial charge in [0.2, 0.25) is 0 Å². The predicted molar refractivity (Wildman–Crippen MR) is 83.9 cm³/mol. The van der Waals surface area contributed by atoms with Crippen molar-refractivity contribution < 1.29 is 13.2 Å². The standard InChI is InChI=1S/C15H15BrO3S/c1-3-19-14-6-4-11(5-7-14)12-8-13(16)10-15(9-12)20(2,17)18/h4-10H,3H2,1-2H3. The maximum Gasteiger partial charge on any atom is 0.175 e. The Bertz CT molecular complexity index is 706. The normalized spacial score (nSPS) is 11.3. The summed E-state index contributed by atoms with van der Waals surface area (Å²) in [5.41, 5.74) is 1.79. The highest BCUT2D eigenvalue weighted by atomic mass is 79.9. The van der Waals surface area contributed by atoms with Gasteiger partial charge in [-0.1, -0.05) is 28.1 Å². The average molecular weight is 355 g/mol. The van der Waals surface area contributed by atoms with Gasteiger partial charge in [-0.25, -0.2) is 8.42 Å². The number of rotatable bonds is 4. The van der Waals surface area contributed by atoms with E-state index in [0.717, 1.165) is 21.3 Å². The van der Waals surface area contributed by atoms with Crippen molar-refractivity contribution in [3.8, 4) is 16.9 Å². The highest BCUT2D eigenvalue weighted by molar-refractivity contribution is 9.10. The summed E-state index contributed by atoms with van der Waals surface area (Å²) in [6.45, 7) is 2.55. The summed E-state index contributed by atoms with van der Waals surface area (Å²) >= 11 is 3.35. The van der Waals surface area contributed by atoms with Gasteiger partial charge in [-0.05, 0) is 48.4 Å². The molecule has 0 N–H and O–H groups in total. The molecule has 0 unspecified atom stereocenters. The van der Waals surface area contributed by atoms with Crippen molar-refractivity contribution in [2.45, 2.75) is 11.8 Å². The zero-order valence-electron chi connectivity index (χ0n) is 11.3. The zero-order valence-corrected chi connectivity index (χ0v) is 13.7. The fourth-order valence-corrected chi connectivity index (χ4v) is 3.18. The number of hydrogen-bond acceptors (Lipinski definition) is 3. The van der Waals surface area contributed by atoms with E-state index in [-0.39, 0.29) is 0 Å². The molecule has 0 bridgehead atoms. The van der Waals surface area contributed by atoms with Crippen LogP contribution in [0.15, 0.2) is 51.8 Å². The van der Waals surface area contributed by atoms with Gasteiger partial charge >= 0.3 is 0 Å². The van der Waals surface area contributed by atoms with Gasteiger partial charge in [-0.2, -0.15) is 0 Å². The summed E-state index contributed by atoms with van der Waals surface area (Å²) < 4.78 is 29.5. The molecule has 2 aromatic rings. The van der Waals surface area contributed by atoms with E-state index in [1.165, 1.54) is 6.26 Å². The molecule has 0 heterocycles. The second-order valence-corrected chi connectivity index (χ2v) is 7.34. The van der Waals surface area contributed by atoms with E-state index in [9.17, 15) is 8.42 Å². The summed E-state index contributed by atoms with van der Waals surface area (Å²) in [4.78, 5) is 0.302. The molecule has 106 valence electrons. The third-order valence-electron chi connectivity index (χ3n) is 2.80. The van der Waals surface area contributed by atoms with E-state index in [4.69, 9.17) is 4.74 Å². The molecule has 0 aromatic heterocycles. The summed E-state index contributed by atoms with van der Waals surface area (Å²) in [5.74, 6) is 0.801. The first-order valence-electron chi connectivity index (χ1n) is 6.14. The molecular formula is C15H15BrO3S. The van der Waals surface area contributed by atoms with Crippen LogP contribution < -0.4 is 4.74 Å². The van der Waals surface area contributed by atoms with Crippen molar-refractivity contribution in [3.05, 3.63) is 46.9 Å². The van der Waals surface area contributed by atoms with Crippen molar-refractivity contribution >= 4 is 25.8 Å². The molecule has 0 saturated heterocycles. The second kappa shape index (κ2) is 5.97. The van der Waals surface area contributed by atoms with E-state index in [1.54, 1.807) is 12.1 Å². The molecule has 0 fully saturated rings. The van der Waals surface area contributed by atoms with Gasteiger partial charge in [0.1, 0.15) is 5.75 Å². The monoisotopic (exact) mass is 354 g/mol. The number of halogens is 1. The maximum atomic E-state index is 11.7. The summed E-state index contributed by atoms with van der Waals surface area (Å²) in [5, 5.41) is 0. The van der Waals surface area contributed by atoms with Crippen LogP contribution in [-0.4, -0.2) is 21.3 Å². The van der Waals surface area contributed by atoms with E-state index < -0.39 is 9.84 Å². The van der Waals surface area contributed by atoms with Gasteiger partial charge in [-0.15, -0.1) is 0 Å².